The normalized spacial score (nSPS) is 12.0. The fraction of sp³-hybridized carbons (Fsp3) is 0.143. The van der Waals surface area contributed by atoms with Crippen molar-refractivity contribution in [2.75, 3.05) is 0 Å². The molecule has 79 valence electrons. The summed E-state index contributed by atoms with van der Waals surface area (Å²) in [4.78, 5) is -0.342. The van der Waals surface area contributed by atoms with Crippen LogP contribution in [-0.2, 0) is 16.2 Å². The Bertz CT molecular complexity index is 427. The molecule has 8 heteroatoms. The van der Waals surface area contributed by atoms with E-state index < -0.39 is 21.8 Å². The molecule has 1 aromatic rings. The number of rotatable bonds is 1. The Balaban J connectivity index is 0.00000196. The zero-order valence-electron chi connectivity index (χ0n) is 7.75. The minimum Gasteiger partial charge on any atom is -0.225 e. The molecule has 0 saturated carbocycles. The summed E-state index contributed by atoms with van der Waals surface area (Å²) in [5, 5.41) is 4.71. The third-order valence-electron chi connectivity index (χ3n) is 1.51. The van der Waals surface area contributed by atoms with E-state index in [4.69, 9.17) is 5.14 Å². The number of primary sulfonamides is 1. The number of halogens is 3. The quantitative estimate of drug-likeness (QED) is 0.768. The van der Waals surface area contributed by atoms with Gasteiger partial charge in [-0.15, -0.1) is 0 Å². The van der Waals surface area contributed by atoms with Crippen LogP contribution in [0.3, 0.4) is 0 Å². The average Bonchev–Trinajstić information content (AvgIpc) is 2.01. The summed E-state index contributed by atoms with van der Waals surface area (Å²) in [6.45, 7) is 0. The largest absolute Gasteiger partial charge is 0.416 e. The molecule has 0 spiro atoms. The predicted octanol–water partition coefficient (Wildman–Crippen LogP) is 0.972. The van der Waals surface area contributed by atoms with Crippen molar-refractivity contribution in [3.05, 3.63) is 29.8 Å². The molecule has 0 aliphatic carbocycles. The van der Waals surface area contributed by atoms with Crippen LogP contribution in [0.15, 0.2) is 29.2 Å². The first-order valence-corrected chi connectivity index (χ1v) is 4.96. The summed E-state index contributed by atoms with van der Waals surface area (Å²) in [6.07, 6.45) is -4.48. The second-order valence-corrected chi connectivity index (χ2v) is 4.13. The molecular weight excluding hydrogens is 258 g/mol. The number of alkyl halides is 3. The SMILES string of the molecule is NS(=O)(=O)c1ccc(C(F)(F)F)cc1.[K]. The van der Waals surface area contributed by atoms with E-state index in [1.165, 1.54) is 0 Å². The van der Waals surface area contributed by atoms with E-state index in [1.807, 2.05) is 0 Å². The van der Waals surface area contributed by atoms with Gasteiger partial charge in [0.2, 0.25) is 10.0 Å². The molecule has 0 unspecified atom stereocenters. The molecule has 0 bridgehead atoms. The Morgan fingerprint density at radius 1 is 1.07 bits per heavy atom. The minimum atomic E-state index is -4.48. The zero-order valence-corrected chi connectivity index (χ0v) is 11.7. The van der Waals surface area contributed by atoms with Crippen LogP contribution in [0, 0.1) is 0 Å². The zero-order chi connectivity index (χ0) is 11.0. The molecular formula is C7H6F3KNO2S. The van der Waals surface area contributed by atoms with E-state index in [1.54, 1.807) is 0 Å². The maximum atomic E-state index is 12.0. The first kappa shape index (κ1) is 15.6. The van der Waals surface area contributed by atoms with E-state index in [2.05, 4.69) is 0 Å². The number of hydrogen-bond acceptors (Lipinski definition) is 2. The Kier molecular flexibility index (Phi) is 5.45. The first-order valence-electron chi connectivity index (χ1n) is 3.41. The van der Waals surface area contributed by atoms with Gasteiger partial charge in [-0.05, 0) is 24.3 Å². The van der Waals surface area contributed by atoms with Crippen molar-refractivity contribution in [3.8, 4) is 0 Å². The summed E-state index contributed by atoms with van der Waals surface area (Å²) in [7, 11) is -3.93. The van der Waals surface area contributed by atoms with Crippen molar-refractivity contribution >= 4 is 61.4 Å². The standard InChI is InChI=1S/C7H6F3NO2S.K/c8-7(9,10)5-1-3-6(4-2-5)14(11,12)13;/h1-4H,(H2,11,12,13);. The van der Waals surface area contributed by atoms with Crippen molar-refractivity contribution in [2.24, 2.45) is 5.14 Å². The van der Waals surface area contributed by atoms with Crippen LogP contribution in [0.25, 0.3) is 0 Å². The molecule has 0 aliphatic rings. The van der Waals surface area contributed by atoms with Crippen molar-refractivity contribution in [3.63, 3.8) is 0 Å². The molecule has 1 aromatic carbocycles. The molecule has 15 heavy (non-hydrogen) atoms. The smallest absolute Gasteiger partial charge is 0.225 e. The van der Waals surface area contributed by atoms with Gasteiger partial charge in [-0.1, -0.05) is 0 Å². The van der Waals surface area contributed by atoms with Crippen LogP contribution in [0.1, 0.15) is 5.56 Å². The third kappa shape index (κ3) is 4.51. The monoisotopic (exact) mass is 264 g/mol. The molecule has 0 saturated heterocycles. The number of sulfonamides is 1. The summed E-state index contributed by atoms with van der Waals surface area (Å²) in [5.41, 5.74) is -0.912. The van der Waals surface area contributed by atoms with Crippen molar-refractivity contribution in [2.45, 2.75) is 11.1 Å². The topological polar surface area (TPSA) is 60.2 Å². The summed E-state index contributed by atoms with van der Waals surface area (Å²) in [6, 6.07) is 2.97. The van der Waals surface area contributed by atoms with E-state index in [9.17, 15) is 21.6 Å². The maximum Gasteiger partial charge on any atom is 0.416 e. The Labute approximate surface area is 127 Å². The maximum absolute atomic E-state index is 12.0. The van der Waals surface area contributed by atoms with Gasteiger partial charge in [0, 0.05) is 51.4 Å². The second-order valence-electron chi connectivity index (χ2n) is 2.57. The number of hydrogen-bond donors (Lipinski definition) is 1. The van der Waals surface area contributed by atoms with Crippen LogP contribution in [-0.4, -0.2) is 59.8 Å². The third-order valence-corrected chi connectivity index (χ3v) is 2.44. The van der Waals surface area contributed by atoms with Gasteiger partial charge in [0.1, 0.15) is 0 Å². The number of nitrogens with two attached hydrogens (primary N) is 1. The van der Waals surface area contributed by atoms with Gasteiger partial charge in [-0.2, -0.15) is 13.2 Å². The molecule has 1 radical (unpaired) electrons. The van der Waals surface area contributed by atoms with Crippen molar-refractivity contribution in [1.29, 1.82) is 0 Å². The Morgan fingerprint density at radius 2 is 1.47 bits per heavy atom. The molecule has 2 N–H and O–H groups in total. The summed E-state index contributed by atoms with van der Waals surface area (Å²) in [5.74, 6) is 0. The molecule has 0 atom stereocenters. The molecule has 0 amide bonds. The Hall–Kier alpha value is 0.556. The van der Waals surface area contributed by atoms with Crippen LogP contribution in [0.2, 0.25) is 0 Å². The van der Waals surface area contributed by atoms with Crippen molar-refractivity contribution in [1.82, 2.24) is 0 Å². The van der Waals surface area contributed by atoms with E-state index in [0.29, 0.717) is 12.1 Å². The average molecular weight is 264 g/mol. The van der Waals surface area contributed by atoms with E-state index >= 15 is 0 Å². The van der Waals surface area contributed by atoms with E-state index in [-0.39, 0.29) is 56.3 Å². The van der Waals surface area contributed by atoms with Gasteiger partial charge in [0.05, 0.1) is 10.5 Å². The van der Waals surface area contributed by atoms with Gasteiger partial charge >= 0.3 is 6.18 Å². The molecule has 1 rings (SSSR count). The molecule has 0 aromatic heterocycles. The molecule has 3 nitrogen and oxygen atoms in total. The van der Waals surface area contributed by atoms with Crippen LogP contribution in [0.4, 0.5) is 13.2 Å². The summed E-state index contributed by atoms with van der Waals surface area (Å²) < 4.78 is 57.5. The van der Waals surface area contributed by atoms with Crippen molar-refractivity contribution < 1.29 is 21.6 Å². The van der Waals surface area contributed by atoms with Gasteiger partial charge in [0.25, 0.3) is 0 Å². The predicted molar refractivity (Wildman–Crippen MR) is 48.6 cm³/mol. The number of benzene rings is 1. The van der Waals surface area contributed by atoms with Crippen LogP contribution < -0.4 is 5.14 Å². The fourth-order valence-electron chi connectivity index (χ4n) is 0.834. The van der Waals surface area contributed by atoms with E-state index in [0.717, 1.165) is 12.1 Å². The second kappa shape index (κ2) is 5.26. The molecule has 0 heterocycles. The summed E-state index contributed by atoms with van der Waals surface area (Å²) >= 11 is 0. The van der Waals surface area contributed by atoms with Crippen LogP contribution >= 0.6 is 0 Å². The minimum absolute atomic E-state index is 0. The van der Waals surface area contributed by atoms with Gasteiger partial charge in [0.15, 0.2) is 0 Å². The van der Waals surface area contributed by atoms with Crippen LogP contribution in [0.5, 0.6) is 0 Å². The molecule has 0 fully saturated rings. The van der Waals surface area contributed by atoms with Gasteiger partial charge < -0.3 is 0 Å². The fourth-order valence-corrected chi connectivity index (χ4v) is 1.35. The van der Waals surface area contributed by atoms with Gasteiger partial charge in [-0.3, -0.25) is 0 Å². The Morgan fingerprint density at radius 3 is 1.73 bits per heavy atom. The molecule has 0 aliphatic heterocycles. The first-order chi connectivity index (χ1) is 6.21. The van der Waals surface area contributed by atoms with Gasteiger partial charge in [-0.25, -0.2) is 13.6 Å².